The lowest BCUT2D eigenvalue weighted by molar-refractivity contribution is -0.544. The van der Waals surface area contributed by atoms with E-state index in [9.17, 15) is 27.2 Å². The predicted octanol–water partition coefficient (Wildman–Crippen LogP) is 2.22. The Labute approximate surface area is 75.9 Å². The minimum Gasteiger partial charge on any atom is -0.282 e. The number of hydrogen-bond donors (Lipinski definition) is 0. The molecule has 6 nitrogen and oxygen atoms in total. The molecule has 0 aliphatic rings. The Kier molecular flexibility index (Phi) is 5.58. The van der Waals surface area contributed by atoms with Gasteiger partial charge in [-0.05, 0) is 13.6 Å². The molecule has 0 rings (SSSR count). The van der Waals surface area contributed by atoms with Gasteiger partial charge in [0.05, 0.1) is 0 Å². The summed E-state index contributed by atoms with van der Waals surface area (Å²) in [7, 11) is 0. The van der Waals surface area contributed by atoms with Gasteiger partial charge < -0.3 is 0 Å². The van der Waals surface area contributed by atoms with E-state index in [0.29, 0.717) is 0 Å². The van der Waals surface area contributed by atoms with Crippen LogP contribution in [0.1, 0.15) is 0 Å². The largest absolute Gasteiger partial charge is 0.449 e. The Morgan fingerprint density at radius 3 is 1.27 bits per heavy atom. The van der Waals surface area contributed by atoms with Gasteiger partial charge in [0.15, 0.2) is 0 Å². The third kappa shape index (κ3) is 2.54. The molecule has 0 aliphatic carbocycles. The molecular weight excluding hydrogens is 246 g/mol. The Morgan fingerprint density at radius 1 is 0.667 bits per heavy atom. The highest BCUT2D eigenvalue weighted by atomic mass is 19.3. The van der Waals surface area contributed by atoms with Crippen molar-refractivity contribution in [1.82, 2.24) is 0 Å². The predicted molar refractivity (Wildman–Crippen MR) is 22.9 cm³/mol. The van der Waals surface area contributed by atoms with Gasteiger partial charge in [0.1, 0.15) is 0 Å². The Hall–Kier alpha value is -1.40. The van der Waals surface area contributed by atoms with Crippen molar-refractivity contribution < 1.29 is 56.8 Å². The highest BCUT2D eigenvalue weighted by Gasteiger charge is 2.52. The molecule has 15 heavy (non-hydrogen) atoms. The zero-order valence-corrected chi connectivity index (χ0v) is 6.22. The first kappa shape index (κ1) is 13.6. The van der Waals surface area contributed by atoms with Gasteiger partial charge in [0.2, 0.25) is 0 Å². The van der Waals surface area contributed by atoms with Gasteiger partial charge in [-0.3, -0.25) is 4.94 Å². The van der Waals surface area contributed by atoms with Crippen molar-refractivity contribution in [2.45, 2.75) is 5.97 Å². The maximum Gasteiger partial charge on any atom is 0.449 e. The molecule has 0 bridgehead atoms. The van der Waals surface area contributed by atoms with Crippen LogP contribution in [0.4, 0.5) is 27.2 Å². The molecule has 12 heteroatoms. The molecule has 0 aliphatic heterocycles. The molecule has 0 spiro atoms. The van der Waals surface area contributed by atoms with Crippen molar-refractivity contribution in [2.24, 2.45) is 0 Å². The van der Waals surface area contributed by atoms with Gasteiger partial charge >= 0.3 is 17.7 Å². The van der Waals surface area contributed by atoms with Crippen LogP contribution in [0.25, 0.3) is 0 Å². The minimum atomic E-state index is -4.33. The molecule has 0 amide bonds. The Balaban J connectivity index is 5.30. The van der Waals surface area contributed by atoms with Gasteiger partial charge in [-0.15, -0.1) is 14.8 Å². The fraction of sp³-hybridized carbons (Fsp3) is 0.333. The van der Waals surface area contributed by atoms with E-state index >= 15 is 0 Å². The first-order valence-corrected chi connectivity index (χ1v) is 2.65. The van der Waals surface area contributed by atoms with Crippen LogP contribution >= 0.6 is 0 Å². The van der Waals surface area contributed by atoms with Crippen LogP contribution in [-0.2, 0) is 29.6 Å². The quantitative estimate of drug-likeness (QED) is 0.390. The SMILES string of the molecule is FOC(OF)=C(OF)C(OF)(OF)OF. The summed E-state index contributed by atoms with van der Waals surface area (Å²) in [5.74, 6) is -9.03. The van der Waals surface area contributed by atoms with E-state index in [1.54, 1.807) is 0 Å². The molecule has 0 aromatic heterocycles. The number of halogens is 6. The summed E-state index contributed by atoms with van der Waals surface area (Å²) >= 11 is 0. The summed E-state index contributed by atoms with van der Waals surface area (Å²) in [6.07, 6.45) is 0. The molecule has 0 aromatic carbocycles. The minimum absolute atomic E-state index is 2.26. The number of hydrogen-bond acceptors (Lipinski definition) is 6. The van der Waals surface area contributed by atoms with Gasteiger partial charge in [0, 0.05) is 13.6 Å². The molecule has 0 saturated heterocycles. The highest BCUT2D eigenvalue weighted by molar-refractivity contribution is 5.01. The lowest BCUT2D eigenvalue weighted by atomic mass is 10.4. The molecule has 0 atom stereocenters. The van der Waals surface area contributed by atoms with Crippen LogP contribution in [0, 0.1) is 0 Å². The van der Waals surface area contributed by atoms with Crippen LogP contribution < -0.4 is 0 Å². The molecular formula is C3F6O6. The molecule has 0 unspecified atom stereocenters. The molecule has 90 valence electrons. The van der Waals surface area contributed by atoms with E-state index in [-0.39, 0.29) is 0 Å². The van der Waals surface area contributed by atoms with Gasteiger partial charge in [-0.1, -0.05) is 0 Å². The molecule has 0 heterocycles. The standard InChI is InChI=1S/C3F6O6/c4-10-1(2(11-5)12-6)3(13-7,14-8)15-9. The third-order valence-corrected chi connectivity index (χ3v) is 0.985. The maximum atomic E-state index is 11.5. The summed E-state index contributed by atoms with van der Waals surface area (Å²) in [5, 5.41) is 0. The van der Waals surface area contributed by atoms with Crippen LogP contribution in [0.15, 0.2) is 11.7 Å². The average molecular weight is 246 g/mol. The van der Waals surface area contributed by atoms with E-state index in [1.807, 2.05) is 0 Å². The average Bonchev–Trinajstić information content (AvgIpc) is 2.30. The van der Waals surface area contributed by atoms with E-state index in [4.69, 9.17) is 0 Å². The first-order valence-electron chi connectivity index (χ1n) is 2.65. The topological polar surface area (TPSA) is 55.4 Å². The van der Waals surface area contributed by atoms with Gasteiger partial charge in [0.25, 0.3) is 0 Å². The van der Waals surface area contributed by atoms with Crippen molar-refractivity contribution in [3.8, 4) is 0 Å². The zero-order valence-electron chi connectivity index (χ0n) is 6.22. The van der Waals surface area contributed by atoms with Crippen LogP contribution in [0.5, 0.6) is 0 Å². The fourth-order valence-corrected chi connectivity index (χ4v) is 0.427. The zero-order chi connectivity index (χ0) is 11.9. The summed E-state index contributed by atoms with van der Waals surface area (Å²) in [4.78, 5) is 13.9. The monoisotopic (exact) mass is 246 g/mol. The normalized spacial score (nSPS) is 10.8. The van der Waals surface area contributed by atoms with Gasteiger partial charge in [-0.25, -0.2) is 9.88 Å². The second kappa shape index (κ2) is 6.15. The Bertz CT molecular complexity index is 203. The number of rotatable bonds is 7. The highest BCUT2D eigenvalue weighted by Crippen LogP contribution is 2.31. The summed E-state index contributed by atoms with van der Waals surface area (Å²) in [6, 6.07) is 0. The summed E-state index contributed by atoms with van der Waals surface area (Å²) < 4.78 is 68.8. The van der Waals surface area contributed by atoms with E-state index in [0.717, 1.165) is 0 Å². The van der Waals surface area contributed by atoms with E-state index < -0.39 is 17.7 Å². The van der Waals surface area contributed by atoms with E-state index in [2.05, 4.69) is 29.6 Å². The lowest BCUT2D eigenvalue weighted by Gasteiger charge is -2.17. The smallest absolute Gasteiger partial charge is 0.282 e. The van der Waals surface area contributed by atoms with Crippen molar-refractivity contribution in [1.29, 1.82) is 0 Å². The molecule has 0 N–H and O–H groups in total. The molecule has 0 saturated carbocycles. The van der Waals surface area contributed by atoms with E-state index in [1.165, 1.54) is 0 Å². The Morgan fingerprint density at radius 2 is 1.07 bits per heavy atom. The van der Waals surface area contributed by atoms with Crippen molar-refractivity contribution in [3.05, 3.63) is 11.7 Å². The first-order chi connectivity index (χ1) is 7.15. The van der Waals surface area contributed by atoms with Crippen molar-refractivity contribution >= 4 is 0 Å². The second-order valence-corrected chi connectivity index (χ2v) is 1.64. The van der Waals surface area contributed by atoms with Crippen LogP contribution in [0.2, 0.25) is 0 Å². The molecule has 0 fully saturated rings. The van der Waals surface area contributed by atoms with Crippen molar-refractivity contribution in [3.63, 3.8) is 0 Å². The van der Waals surface area contributed by atoms with Gasteiger partial charge in [-0.2, -0.15) is 0 Å². The maximum absolute atomic E-state index is 11.5. The second-order valence-electron chi connectivity index (χ2n) is 1.64. The summed E-state index contributed by atoms with van der Waals surface area (Å²) in [5.41, 5.74) is 0. The third-order valence-electron chi connectivity index (χ3n) is 0.985. The molecule has 0 radical (unpaired) electrons. The molecule has 0 aromatic rings. The van der Waals surface area contributed by atoms with Crippen LogP contribution in [0.3, 0.4) is 0 Å². The lowest BCUT2D eigenvalue weighted by Crippen LogP contribution is -2.36. The summed E-state index contributed by atoms with van der Waals surface area (Å²) in [6.45, 7) is 0. The van der Waals surface area contributed by atoms with Crippen LogP contribution in [-0.4, -0.2) is 5.97 Å². The van der Waals surface area contributed by atoms with Crippen molar-refractivity contribution in [2.75, 3.05) is 0 Å². The fourth-order valence-electron chi connectivity index (χ4n) is 0.427.